The highest BCUT2D eigenvalue weighted by Gasteiger charge is 2.24. The zero-order valence-corrected chi connectivity index (χ0v) is 12.8. The maximum absolute atomic E-state index is 12.1. The van der Waals surface area contributed by atoms with E-state index in [4.69, 9.17) is 5.73 Å². The molecule has 3 nitrogen and oxygen atoms in total. The second-order valence-corrected chi connectivity index (χ2v) is 11.5. The number of nitrogens with zero attached hydrogens (tertiary/aromatic N) is 1. The predicted molar refractivity (Wildman–Crippen MR) is 78.9 cm³/mol. The summed E-state index contributed by atoms with van der Waals surface area (Å²) in [6.45, 7) is 9.20. The molecule has 1 unspecified atom stereocenters. The third-order valence-electron chi connectivity index (χ3n) is 2.58. The Labute approximate surface area is 111 Å². The molecule has 1 rings (SSSR count). The lowest BCUT2D eigenvalue weighted by molar-refractivity contribution is -0.132. The Balaban J connectivity index is 2.81. The SMILES string of the molecule is CC(N)C(=O)N(Cc1ccccc1)C[Si](C)(C)C. The summed E-state index contributed by atoms with van der Waals surface area (Å²) in [6, 6.07) is 9.65. The summed E-state index contributed by atoms with van der Waals surface area (Å²) in [5.74, 6) is 0.0429. The summed E-state index contributed by atoms with van der Waals surface area (Å²) in [5, 5.41) is 0. The van der Waals surface area contributed by atoms with Crippen LogP contribution in [0.2, 0.25) is 19.6 Å². The molecule has 1 aromatic carbocycles. The lowest BCUT2D eigenvalue weighted by Gasteiger charge is -2.30. The van der Waals surface area contributed by atoms with Crippen molar-refractivity contribution in [1.29, 1.82) is 0 Å². The van der Waals surface area contributed by atoms with E-state index in [2.05, 4.69) is 19.6 Å². The molecule has 0 radical (unpaired) electrons. The molecule has 0 aliphatic carbocycles. The van der Waals surface area contributed by atoms with Crippen LogP contribution in [0.1, 0.15) is 12.5 Å². The first-order chi connectivity index (χ1) is 8.29. The summed E-state index contributed by atoms with van der Waals surface area (Å²) in [4.78, 5) is 14.1. The van der Waals surface area contributed by atoms with Crippen LogP contribution in [-0.4, -0.2) is 31.1 Å². The van der Waals surface area contributed by atoms with Crippen molar-refractivity contribution in [3.8, 4) is 0 Å². The number of nitrogens with two attached hydrogens (primary N) is 1. The van der Waals surface area contributed by atoms with Gasteiger partial charge in [0.05, 0.1) is 14.1 Å². The fourth-order valence-corrected chi connectivity index (χ4v) is 3.29. The minimum absolute atomic E-state index is 0.0429. The summed E-state index contributed by atoms with van der Waals surface area (Å²) in [7, 11) is -1.33. The number of hydrogen-bond acceptors (Lipinski definition) is 2. The maximum Gasteiger partial charge on any atom is 0.239 e. The Kier molecular flexibility index (Phi) is 5.11. The highest BCUT2D eigenvalue weighted by atomic mass is 28.3. The van der Waals surface area contributed by atoms with E-state index < -0.39 is 14.1 Å². The van der Waals surface area contributed by atoms with Crippen LogP contribution in [0, 0.1) is 0 Å². The molecular weight excluding hydrogens is 240 g/mol. The van der Waals surface area contributed by atoms with Crippen LogP contribution in [0.25, 0.3) is 0 Å². The van der Waals surface area contributed by atoms with E-state index in [9.17, 15) is 4.79 Å². The Morgan fingerprint density at radius 3 is 2.28 bits per heavy atom. The van der Waals surface area contributed by atoms with Gasteiger partial charge in [0.25, 0.3) is 0 Å². The molecule has 0 aliphatic heterocycles. The van der Waals surface area contributed by atoms with Crippen molar-refractivity contribution < 1.29 is 4.79 Å². The van der Waals surface area contributed by atoms with Gasteiger partial charge in [0, 0.05) is 12.7 Å². The van der Waals surface area contributed by atoms with E-state index in [1.54, 1.807) is 6.92 Å². The van der Waals surface area contributed by atoms with Crippen LogP contribution in [0.4, 0.5) is 0 Å². The Bertz CT molecular complexity index is 385. The number of carbonyl (C=O) groups excluding carboxylic acids is 1. The van der Waals surface area contributed by atoms with Gasteiger partial charge in [0.1, 0.15) is 0 Å². The van der Waals surface area contributed by atoms with E-state index in [1.807, 2.05) is 35.2 Å². The van der Waals surface area contributed by atoms with Crippen molar-refractivity contribution in [1.82, 2.24) is 4.90 Å². The van der Waals surface area contributed by atoms with Gasteiger partial charge in [-0.1, -0.05) is 50.0 Å². The van der Waals surface area contributed by atoms with E-state index in [-0.39, 0.29) is 5.91 Å². The van der Waals surface area contributed by atoms with Crippen molar-refractivity contribution in [2.75, 3.05) is 6.17 Å². The summed E-state index contributed by atoms with van der Waals surface area (Å²) < 4.78 is 0. The molecule has 0 aliphatic rings. The molecule has 0 bridgehead atoms. The zero-order valence-electron chi connectivity index (χ0n) is 11.8. The quantitative estimate of drug-likeness (QED) is 0.829. The minimum Gasteiger partial charge on any atom is -0.340 e. The first-order valence-electron chi connectivity index (χ1n) is 6.38. The molecule has 18 heavy (non-hydrogen) atoms. The minimum atomic E-state index is -1.33. The lowest BCUT2D eigenvalue weighted by Crippen LogP contribution is -2.48. The number of carbonyl (C=O) groups is 1. The largest absolute Gasteiger partial charge is 0.340 e. The fraction of sp³-hybridized carbons (Fsp3) is 0.500. The standard InChI is InChI=1S/C14H24N2OSi/c1-12(15)14(17)16(11-18(2,3)4)10-13-8-6-5-7-9-13/h5-9,12H,10-11,15H2,1-4H3. The molecule has 1 amide bonds. The van der Waals surface area contributed by atoms with Gasteiger partial charge >= 0.3 is 0 Å². The second kappa shape index (κ2) is 6.16. The topological polar surface area (TPSA) is 46.3 Å². The van der Waals surface area contributed by atoms with Gasteiger partial charge in [-0.2, -0.15) is 0 Å². The Morgan fingerprint density at radius 1 is 1.28 bits per heavy atom. The van der Waals surface area contributed by atoms with Crippen molar-refractivity contribution in [3.05, 3.63) is 35.9 Å². The first kappa shape index (κ1) is 14.9. The molecule has 1 atom stereocenters. The zero-order chi connectivity index (χ0) is 13.8. The van der Waals surface area contributed by atoms with Gasteiger partial charge < -0.3 is 10.6 Å². The molecule has 2 N–H and O–H groups in total. The van der Waals surface area contributed by atoms with Crippen LogP contribution in [0.3, 0.4) is 0 Å². The van der Waals surface area contributed by atoms with Crippen molar-refractivity contribution in [2.24, 2.45) is 5.73 Å². The van der Waals surface area contributed by atoms with Gasteiger partial charge in [-0.3, -0.25) is 4.79 Å². The van der Waals surface area contributed by atoms with E-state index in [0.29, 0.717) is 6.54 Å². The van der Waals surface area contributed by atoms with Crippen molar-refractivity contribution >= 4 is 14.0 Å². The average molecular weight is 264 g/mol. The van der Waals surface area contributed by atoms with E-state index >= 15 is 0 Å². The van der Waals surface area contributed by atoms with Crippen LogP contribution >= 0.6 is 0 Å². The molecule has 0 fully saturated rings. The fourth-order valence-electron chi connectivity index (χ4n) is 1.88. The van der Waals surface area contributed by atoms with E-state index in [1.165, 1.54) is 0 Å². The number of rotatable bonds is 5. The summed E-state index contributed by atoms with van der Waals surface area (Å²) >= 11 is 0. The Hall–Kier alpha value is -1.13. The summed E-state index contributed by atoms with van der Waals surface area (Å²) in [6.07, 6.45) is 0.849. The van der Waals surface area contributed by atoms with Gasteiger partial charge in [-0.25, -0.2) is 0 Å². The van der Waals surface area contributed by atoms with Crippen molar-refractivity contribution in [3.63, 3.8) is 0 Å². The monoisotopic (exact) mass is 264 g/mol. The van der Waals surface area contributed by atoms with Gasteiger partial charge in [-0.15, -0.1) is 0 Å². The number of amides is 1. The number of hydrogen-bond donors (Lipinski definition) is 1. The van der Waals surface area contributed by atoms with Crippen LogP contribution in [-0.2, 0) is 11.3 Å². The molecule has 0 aromatic heterocycles. The molecule has 0 heterocycles. The summed E-state index contributed by atoms with van der Waals surface area (Å²) in [5.41, 5.74) is 6.89. The average Bonchev–Trinajstić information content (AvgIpc) is 2.26. The third-order valence-corrected chi connectivity index (χ3v) is 3.91. The van der Waals surface area contributed by atoms with Crippen LogP contribution in [0.15, 0.2) is 30.3 Å². The molecule has 4 heteroatoms. The predicted octanol–water partition coefficient (Wildman–Crippen LogP) is 2.24. The normalized spacial score (nSPS) is 13.2. The molecule has 0 spiro atoms. The molecule has 1 aromatic rings. The molecule has 100 valence electrons. The molecule has 0 saturated carbocycles. The lowest BCUT2D eigenvalue weighted by atomic mass is 10.2. The smallest absolute Gasteiger partial charge is 0.239 e. The van der Waals surface area contributed by atoms with Crippen molar-refractivity contribution in [2.45, 2.75) is 39.2 Å². The van der Waals surface area contributed by atoms with Gasteiger partial charge in [-0.05, 0) is 12.5 Å². The van der Waals surface area contributed by atoms with Gasteiger partial charge in [0.2, 0.25) is 5.91 Å². The first-order valence-corrected chi connectivity index (χ1v) is 10.1. The highest BCUT2D eigenvalue weighted by molar-refractivity contribution is 6.76. The molecular formula is C14H24N2OSi. The highest BCUT2D eigenvalue weighted by Crippen LogP contribution is 2.11. The van der Waals surface area contributed by atoms with Gasteiger partial charge in [0.15, 0.2) is 0 Å². The van der Waals surface area contributed by atoms with E-state index in [0.717, 1.165) is 11.7 Å². The third kappa shape index (κ3) is 5.02. The molecule has 0 saturated heterocycles. The van der Waals surface area contributed by atoms with Crippen LogP contribution < -0.4 is 5.73 Å². The van der Waals surface area contributed by atoms with Crippen LogP contribution in [0.5, 0.6) is 0 Å². The second-order valence-electron chi connectivity index (χ2n) is 6.03. The maximum atomic E-state index is 12.1. The number of benzene rings is 1. The Morgan fingerprint density at radius 2 is 1.83 bits per heavy atom.